The first-order chi connectivity index (χ1) is 5.77. The van der Waals surface area contributed by atoms with E-state index in [4.69, 9.17) is 0 Å². The van der Waals surface area contributed by atoms with Gasteiger partial charge in [0.2, 0.25) is 0 Å². The molecule has 5 heteroatoms. The Morgan fingerprint density at radius 3 is 3.17 bits per heavy atom. The van der Waals surface area contributed by atoms with Gasteiger partial charge in [-0.3, -0.25) is 10.1 Å². The van der Waals surface area contributed by atoms with Crippen LogP contribution in [0.3, 0.4) is 0 Å². The van der Waals surface area contributed by atoms with E-state index in [9.17, 15) is 10.1 Å². The highest BCUT2D eigenvalue weighted by atomic mass is 32.1. The van der Waals surface area contributed by atoms with Gasteiger partial charge in [0.05, 0.1) is 9.62 Å². The Morgan fingerprint density at radius 1 is 1.58 bits per heavy atom. The summed E-state index contributed by atoms with van der Waals surface area (Å²) in [6.07, 6.45) is 2.68. The van der Waals surface area contributed by atoms with E-state index in [0.29, 0.717) is 5.39 Å². The predicted octanol–water partition coefficient (Wildman–Crippen LogP) is 2.00. The van der Waals surface area contributed by atoms with Gasteiger partial charge < -0.3 is 0 Å². The number of nitro benzene ring substituents is 1. The molecule has 1 radical (unpaired) electrons. The second kappa shape index (κ2) is 2.53. The van der Waals surface area contributed by atoms with Crippen LogP contribution in [0.5, 0.6) is 0 Å². The first-order valence-corrected chi connectivity index (χ1v) is 3.96. The van der Waals surface area contributed by atoms with E-state index in [1.807, 2.05) is 0 Å². The molecule has 1 aromatic heterocycles. The van der Waals surface area contributed by atoms with Crippen molar-refractivity contribution in [3.05, 3.63) is 34.5 Å². The Bertz CT molecular complexity index is 438. The fourth-order valence-corrected chi connectivity index (χ4v) is 1.49. The lowest BCUT2D eigenvalue weighted by atomic mass is 10.2. The highest BCUT2D eigenvalue weighted by Crippen LogP contribution is 2.22. The van der Waals surface area contributed by atoms with Crippen molar-refractivity contribution in [2.75, 3.05) is 0 Å². The molecule has 0 atom stereocenters. The van der Waals surface area contributed by atoms with Gasteiger partial charge in [0.15, 0.2) is 0 Å². The van der Waals surface area contributed by atoms with Crippen LogP contribution in [0.1, 0.15) is 0 Å². The van der Waals surface area contributed by atoms with Gasteiger partial charge in [-0.25, -0.2) is 0 Å². The minimum Gasteiger partial charge on any atom is -0.258 e. The standard InChI is InChI=1S/C7H3N2O2S/c10-9(11)6-1-2-7-5(3-6)4-8-12-7/h1-3H. The van der Waals surface area contributed by atoms with E-state index in [1.54, 1.807) is 6.07 Å². The molecule has 0 aliphatic rings. The maximum absolute atomic E-state index is 10.3. The quantitative estimate of drug-likeness (QED) is 0.497. The fraction of sp³-hybridized carbons (Fsp3) is 0. The van der Waals surface area contributed by atoms with Gasteiger partial charge in [0, 0.05) is 17.5 Å². The summed E-state index contributed by atoms with van der Waals surface area (Å²) in [4.78, 5) is 9.92. The maximum Gasteiger partial charge on any atom is 0.270 e. The van der Waals surface area contributed by atoms with Crippen LogP contribution in [0.2, 0.25) is 0 Å². The molecule has 0 saturated carbocycles. The van der Waals surface area contributed by atoms with Crippen LogP contribution in [-0.4, -0.2) is 9.30 Å². The molecule has 59 valence electrons. The summed E-state index contributed by atoms with van der Waals surface area (Å²) in [5, 5.41) is 11.0. The molecule has 0 fully saturated rings. The number of rotatable bonds is 1. The van der Waals surface area contributed by atoms with E-state index in [1.165, 1.54) is 23.7 Å². The first kappa shape index (κ1) is 7.17. The normalized spacial score (nSPS) is 10.3. The molecule has 2 aromatic rings. The second-order valence-electron chi connectivity index (χ2n) is 2.23. The molecule has 0 saturated heterocycles. The second-order valence-corrected chi connectivity index (χ2v) is 3.04. The minimum absolute atomic E-state index is 0.0824. The van der Waals surface area contributed by atoms with E-state index in [2.05, 4.69) is 10.6 Å². The number of benzene rings is 1. The molecule has 0 aliphatic heterocycles. The number of nitrogens with zero attached hydrogens (tertiary/aromatic N) is 2. The molecule has 0 unspecified atom stereocenters. The smallest absolute Gasteiger partial charge is 0.258 e. The number of nitro groups is 1. The van der Waals surface area contributed by atoms with Gasteiger partial charge in [-0.2, -0.15) is 4.37 Å². The van der Waals surface area contributed by atoms with Crippen LogP contribution in [0.15, 0.2) is 18.2 Å². The van der Waals surface area contributed by atoms with E-state index in [0.717, 1.165) is 4.70 Å². The number of non-ortho nitro benzene ring substituents is 1. The molecule has 2 rings (SSSR count). The zero-order chi connectivity index (χ0) is 8.55. The maximum atomic E-state index is 10.3. The fourth-order valence-electron chi connectivity index (χ4n) is 0.920. The number of hydrogen-bond donors (Lipinski definition) is 0. The minimum atomic E-state index is -0.426. The van der Waals surface area contributed by atoms with Crippen LogP contribution in [0.4, 0.5) is 5.69 Å². The van der Waals surface area contributed by atoms with Crippen LogP contribution < -0.4 is 0 Å². The molecule has 0 N–H and O–H groups in total. The van der Waals surface area contributed by atoms with Crippen molar-refractivity contribution in [1.29, 1.82) is 0 Å². The Labute approximate surface area is 71.8 Å². The average Bonchev–Trinajstić information content (AvgIpc) is 2.49. The van der Waals surface area contributed by atoms with Crippen molar-refractivity contribution in [2.45, 2.75) is 0 Å². The largest absolute Gasteiger partial charge is 0.270 e. The Hall–Kier alpha value is -1.49. The number of aromatic nitrogens is 1. The van der Waals surface area contributed by atoms with Gasteiger partial charge in [-0.15, -0.1) is 0 Å². The molecule has 0 aliphatic carbocycles. The van der Waals surface area contributed by atoms with Crippen LogP contribution in [0.25, 0.3) is 10.1 Å². The van der Waals surface area contributed by atoms with E-state index < -0.39 is 4.92 Å². The first-order valence-electron chi connectivity index (χ1n) is 3.19. The molecule has 12 heavy (non-hydrogen) atoms. The zero-order valence-corrected chi connectivity index (χ0v) is 6.67. The summed E-state index contributed by atoms with van der Waals surface area (Å²) >= 11 is 1.28. The lowest BCUT2D eigenvalue weighted by Gasteiger charge is -1.88. The van der Waals surface area contributed by atoms with Crippen molar-refractivity contribution < 1.29 is 4.92 Å². The monoisotopic (exact) mass is 179 g/mol. The summed E-state index contributed by atoms with van der Waals surface area (Å²) in [6, 6.07) is 4.62. The molecule has 0 spiro atoms. The predicted molar refractivity (Wildman–Crippen MR) is 45.1 cm³/mol. The van der Waals surface area contributed by atoms with Crippen LogP contribution >= 0.6 is 11.5 Å². The van der Waals surface area contributed by atoms with Gasteiger partial charge in [0.1, 0.15) is 6.20 Å². The highest BCUT2D eigenvalue weighted by molar-refractivity contribution is 7.13. The lowest BCUT2D eigenvalue weighted by molar-refractivity contribution is -0.384. The van der Waals surface area contributed by atoms with Crippen molar-refractivity contribution in [3.63, 3.8) is 0 Å². The van der Waals surface area contributed by atoms with Gasteiger partial charge in [-0.05, 0) is 17.6 Å². The summed E-state index contributed by atoms with van der Waals surface area (Å²) in [7, 11) is 0. The average molecular weight is 179 g/mol. The molecular weight excluding hydrogens is 176 g/mol. The van der Waals surface area contributed by atoms with Crippen molar-refractivity contribution in [1.82, 2.24) is 4.37 Å². The summed E-state index contributed by atoms with van der Waals surface area (Å²) in [6.45, 7) is 0. The molecular formula is C7H3N2O2S. The van der Waals surface area contributed by atoms with E-state index in [-0.39, 0.29) is 5.69 Å². The Balaban J connectivity index is 2.68. The summed E-state index contributed by atoms with van der Waals surface area (Å²) in [5.74, 6) is 0. The number of fused-ring (bicyclic) bond motifs is 1. The molecule has 1 aromatic carbocycles. The Kier molecular flexibility index (Phi) is 1.51. The molecule has 1 heterocycles. The third-order valence-corrected chi connectivity index (χ3v) is 2.22. The van der Waals surface area contributed by atoms with Gasteiger partial charge in [-0.1, -0.05) is 0 Å². The molecule has 0 bridgehead atoms. The SMILES string of the molecule is O=[N+]([O-])c1ccc2sn[c]c2c1. The van der Waals surface area contributed by atoms with E-state index >= 15 is 0 Å². The third kappa shape index (κ3) is 1.04. The lowest BCUT2D eigenvalue weighted by Crippen LogP contribution is -1.85. The summed E-state index contributed by atoms with van der Waals surface area (Å²) in [5.41, 5.74) is 0.0824. The molecule has 4 nitrogen and oxygen atoms in total. The molecule has 0 amide bonds. The zero-order valence-electron chi connectivity index (χ0n) is 5.85. The van der Waals surface area contributed by atoms with Crippen molar-refractivity contribution >= 4 is 27.3 Å². The number of hydrogen-bond acceptors (Lipinski definition) is 4. The Morgan fingerprint density at radius 2 is 2.42 bits per heavy atom. The van der Waals surface area contributed by atoms with Crippen LogP contribution in [0, 0.1) is 16.3 Å². The summed E-state index contributed by atoms with van der Waals surface area (Å²) < 4.78 is 4.71. The third-order valence-electron chi connectivity index (χ3n) is 1.48. The highest BCUT2D eigenvalue weighted by Gasteiger charge is 2.06. The van der Waals surface area contributed by atoms with Crippen LogP contribution in [-0.2, 0) is 0 Å². The topological polar surface area (TPSA) is 56.0 Å². The van der Waals surface area contributed by atoms with Gasteiger partial charge >= 0.3 is 0 Å². The van der Waals surface area contributed by atoms with Crippen molar-refractivity contribution in [3.8, 4) is 0 Å². The van der Waals surface area contributed by atoms with Crippen molar-refractivity contribution in [2.24, 2.45) is 0 Å². The van der Waals surface area contributed by atoms with Gasteiger partial charge in [0.25, 0.3) is 5.69 Å².